The van der Waals surface area contributed by atoms with Gasteiger partial charge in [-0.3, -0.25) is 0 Å². The molecule has 2 radical (unpaired) electrons. The quantitative estimate of drug-likeness (QED) is 0.440. The maximum absolute atomic E-state index is 5.82. The predicted molar refractivity (Wildman–Crippen MR) is 56.2 cm³/mol. The average Bonchev–Trinajstić information content (AvgIpc) is 2.46. The Morgan fingerprint density at radius 1 is 1.38 bits per heavy atom. The first-order valence-corrected chi connectivity index (χ1v) is 4.09. The van der Waals surface area contributed by atoms with Gasteiger partial charge in [0.15, 0.2) is 0 Å². The molecule has 60 valence electrons. The number of terminal acetylenes is 1. The standard InChI is InChI=1S/C11H8BN/c1-2-7-13-8-10(12)9-5-3-4-6-11(9)13/h1,3-6,8H,7H2. The van der Waals surface area contributed by atoms with Crippen LogP contribution in [0.25, 0.3) is 10.9 Å². The third kappa shape index (κ3) is 1.23. The fourth-order valence-corrected chi connectivity index (χ4v) is 1.50. The van der Waals surface area contributed by atoms with Crippen molar-refractivity contribution < 1.29 is 0 Å². The van der Waals surface area contributed by atoms with Crippen LogP contribution in [0.15, 0.2) is 30.5 Å². The highest BCUT2D eigenvalue weighted by molar-refractivity contribution is 6.38. The van der Waals surface area contributed by atoms with Gasteiger partial charge in [0.2, 0.25) is 0 Å². The number of fused-ring (bicyclic) bond motifs is 1. The summed E-state index contributed by atoms with van der Waals surface area (Å²) in [5.74, 6) is 2.60. The van der Waals surface area contributed by atoms with Gasteiger partial charge in [-0.05, 0) is 17.6 Å². The maximum atomic E-state index is 5.82. The van der Waals surface area contributed by atoms with Crippen molar-refractivity contribution in [1.82, 2.24) is 4.57 Å². The predicted octanol–water partition coefficient (Wildman–Crippen LogP) is 1.07. The molecule has 13 heavy (non-hydrogen) atoms. The second kappa shape index (κ2) is 3.03. The second-order valence-corrected chi connectivity index (χ2v) is 2.93. The van der Waals surface area contributed by atoms with Gasteiger partial charge in [0.25, 0.3) is 0 Å². The number of para-hydroxylation sites is 1. The van der Waals surface area contributed by atoms with Gasteiger partial charge in [-0.25, -0.2) is 0 Å². The van der Waals surface area contributed by atoms with Gasteiger partial charge in [0.05, 0.1) is 6.54 Å². The van der Waals surface area contributed by atoms with E-state index >= 15 is 0 Å². The van der Waals surface area contributed by atoms with Crippen LogP contribution in [0.4, 0.5) is 0 Å². The number of hydrogen-bond donors (Lipinski definition) is 0. The fraction of sp³-hybridized carbons (Fsp3) is 0.0909. The molecule has 0 amide bonds. The zero-order valence-electron chi connectivity index (χ0n) is 7.20. The van der Waals surface area contributed by atoms with Crippen LogP contribution in [0.3, 0.4) is 0 Å². The summed E-state index contributed by atoms with van der Waals surface area (Å²) in [6, 6.07) is 7.97. The number of hydrogen-bond acceptors (Lipinski definition) is 0. The molecule has 0 aliphatic heterocycles. The molecular formula is C11H8BN. The van der Waals surface area contributed by atoms with Crippen LogP contribution in [-0.4, -0.2) is 12.4 Å². The summed E-state index contributed by atoms with van der Waals surface area (Å²) in [7, 11) is 5.82. The monoisotopic (exact) mass is 165 g/mol. The Balaban J connectivity index is 2.72. The van der Waals surface area contributed by atoms with Crippen molar-refractivity contribution >= 4 is 24.2 Å². The largest absolute Gasteiger partial charge is 0.336 e. The number of benzene rings is 1. The van der Waals surface area contributed by atoms with E-state index in [0.29, 0.717) is 6.54 Å². The van der Waals surface area contributed by atoms with Crippen LogP contribution in [0.1, 0.15) is 0 Å². The lowest BCUT2D eigenvalue weighted by Crippen LogP contribution is -1.98. The van der Waals surface area contributed by atoms with Gasteiger partial charge >= 0.3 is 0 Å². The van der Waals surface area contributed by atoms with E-state index in [9.17, 15) is 0 Å². The molecule has 0 fully saturated rings. The topological polar surface area (TPSA) is 4.93 Å². The van der Waals surface area contributed by atoms with Crippen LogP contribution in [0.5, 0.6) is 0 Å². The first kappa shape index (κ1) is 8.00. The van der Waals surface area contributed by atoms with Gasteiger partial charge in [-0.2, -0.15) is 0 Å². The molecule has 0 saturated carbocycles. The highest BCUT2D eigenvalue weighted by Gasteiger charge is 2.01. The number of aromatic nitrogens is 1. The summed E-state index contributed by atoms with van der Waals surface area (Å²) in [5.41, 5.74) is 1.88. The molecule has 0 saturated heterocycles. The Morgan fingerprint density at radius 3 is 2.92 bits per heavy atom. The summed E-state index contributed by atoms with van der Waals surface area (Å²) in [4.78, 5) is 0. The lowest BCUT2D eigenvalue weighted by Gasteiger charge is -1.97. The van der Waals surface area contributed by atoms with E-state index in [1.54, 1.807) is 0 Å². The Hall–Kier alpha value is -1.62. The number of rotatable bonds is 1. The Labute approximate surface area is 78.8 Å². The fourth-order valence-electron chi connectivity index (χ4n) is 1.50. The summed E-state index contributed by atoms with van der Waals surface area (Å²) in [6.45, 7) is 0.567. The Morgan fingerprint density at radius 2 is 2.15 bits per heavy atom. The molecule has 0 bridgehead atoms. The lowest BCUT2D eigenvalue weighted by molar-refractivity contribution is 0.889. The SMILES string of the molecule is [B]c1cn(CC#C)c2ccccc12. The molecule has 1 aromatic carbocycles. The van der Waals surface area contributed by atoms with Gasteiger partial charge in [-0.15, -0.1) is 6.42 Å². The Kier molecular flexibility index (Phi) is 1.86. The molecule has 0 unspecified atom stereocenters. The highest BCUT2D eigenvalue weighted by Crippen LogP contribution is 2.11. The van der Waals surface area contributed by atoms with Crippen molar-refractivity contribution in [3.05, 3.63) is 30.5 Å². The zero-order chi connectivity index (χ0) is 9.26. The van der Waals surface area contributed by atoms with Crippen LogP contribution in [0, 0.1) is 12.3 Å². The van der Waals surface area contributed by atoms with E-state index < -0.39 is 0 Å². The maximum Gasteiger partial charge on any atom is 0.116 e. The number of nitrogens with zero attached hydrogens (tertiary/aromatic N) is 1. The summed E-state index contributed by atoms with van der Waals surface area (Å²) < 4.78 is 1.98. The molecule has 0 aliphatic carbocycles. The normalized spacial score (nSPS) is 10.1. The van der Waals surface area contributed by atoms with Crippen molar-refractivity contribution in [2.45, 2.75) is 6.54 Å². The first-order chi connectivity index (χ1) is 6.33. The molecule has 1 heterocycles. The molecule has 0 spiro atoms. The van der Waals surface area contributed by atoms with E-state index in [4.69, 9.17) is 14.3 Å². The van der Waals surface area contributed by atoms with Gasteiger partial charge in [-0.1, -0.05) is 29.6 Å². The molecule has 1 aromatic heterocycles. The third-order valence-corrected chi connectivity index (χ3v) is 2.08. The van der Waals surface area contributed by atoms with E-state index in [1.165, 1.54) is 0 Å². The van der Waals surface area contributed by atoms with Crippen LogP contribution < -0.4 is 5.46 Å². The summed E-state index contributed by atoms with van der Waals surface area (Å²) in [5, 5.41) is 1.07. The third-order valence-electron chi connectivity index (χ3n) is 2.08. The van der Waals surface area contributed by atoms with Crippen molar-refractivity contribution in [3.8, 4) is 12.3 Å². The first-order valence-electron chi connectivity index (χ1n) is 4.09. The molecular weight excluding hydrogens is 157 g/mol. The van der Waals surface area contributed by atoms with E-state index in [0.717, 1.165) is 16.4 Å². The molecule has 2 aromatic rings. The molecule has 0 aliphatic rings. The van der Waals surface area contributed by atoms with Crippen molar-refractivity contribution in [2.24, 2.45) is 0 Å². The minimum absolute atomic E-state index is 0.567. The van der Waals surface area contributed by atoms with Crippen LogP contribution >= 0.6 is 0 Å². The van der Waals surface area contributed by atoms with Crippen molar-refractivity contribution in [2.75, 3.05) is 0 Å². The molecule has 1 nitrogen and oxygen atoms in total. The van der Waals surface area contributed by atoms with Gasteiger partial charge in [0, 0.05) is 5.52 Å². The van der Waals surface area contributed by atoms with E-state index in [2.05, 4.69) is 5.92 Å². The average molecular weight is 165 g/mol. The second-order valence-electron chi connectivity index (χ2n) is 2.93. The van der Waals surface area contributed by atoms with E-state index in [1.807, 2.05) is 35.0 Å². The molecule has 2 rings (SSSR count). The van der Waals surface area contributed by atoms with Crippen molar-refractivity contribution in [1.29, 1.82) is 0 Å². The highest BCUT2D eigenvalue weighted by atomic mass is 14.9. The summed E-state index contributed by atoms with van der Waals surface area (Å²) >= 11 is 0. The Bertz CT molecular complexity index is 476. The molecule has 2 heteroatoms. The van der Waals surface area contributed by atoms with Crippen LogP contribution in [-0.2, 0) is 6.54 Å². The van der Waals surface area contributed by atoms with Gasteiger partial charge in [0.1, 0.15) is 7.85 Å². The van der Waals surface area contributed by atoms with E-state index in [-0.39, 0.29) is 0 Å². The van der Waals surface area contributed by atoms with Gasteiger partial charge < -0.3 is 4.57 Å². The minimum atomic E-state index is 0.567. The molecule has 0 N–H and O–H groups in total. The summed E-state index contributed by atoms with van der Waals surface area (Å²) in [6.07, 6.45) is 7.13. The smallest absolute Gasteiger partial charge is 0.116 e. The lowest BCUT2D eigenvalue weighted by atomic mass is 9.96. The minimum Gasteiger partial charge on any atom is -0.336 e. The molecule has 0 atom stereocenters. The van der Waals surface area contributed by atoms with Crippen molar-refractivity contribution in [3.63, 3.8) is 0 Å². The zero-order valence-corrected chi connectivity index (χ0v) is 7.20. The van der Waals surface area contributed by atoms with Crippen LogP contribution in [0.2, 0.25) is 0 Å².